The first-order valence-corrected chi connectivity index (χ1v) is 10.1. The predicted octanol–water partition coefficient (Wildman–Crippen LogP) is 3.98. The summed E-state index contributed by atoms with van der Waals surface area (Å²) in [5.74, 6) is 1.05. The molecule has 2 aromatic carbocycles. The number of ether oxygens (including phenoxy) is 2. The molecule has 2 aromatic rings. The highest BCUT2D eigenvalue weighted by atomic mass is 19.1. The molecule has 0 bridgehead atoms. The van der Waals surface area contributed by atoms with Gasteiger partial charge in [0.15, 0.2) is 11.5 Å². The molecule has 0 saturated carbocycles. The van der Waals surface area contributed by atoms with Gasteiger partial charge in [0.2, 0.25) is 5.91 Å². The van der Waals surface area contributed by atoms with Crippen molar-refractivity contribution in [2.24, 2.45) is 0 Å². The van der Waals surface area contributed by atoms with Crippen molar-refractivity contribution in [3.8, 4) is 11.5 Å². The maximum Gasteiger partial charge on any atom is 0.246 e. The minimum Gasteiger partial charge on any atom is -0.493 e. The molecule has 1 heterocycles. The molecule has 0 N–H and O–H groups in total. The quantitative estimate of drug-likeness (QED) is 0.673. The molecular formula is C24H29FN2O3. The van der Waals surface area contributed by atoms with Gasteiger partial charge < -0.3 is 14.4 Å². The zero-order valence-corrected chi connectivity index (χ0v) is 18.0. The van der Waals surface area contributed by atoms with Crippen LogP contribution in [0.2, 0.25) is 0 Å². The van der Waals surface area contributed by atoms with Crippen molar-refractivity contribution in [2.75, 3.05) is 27.3 Å². The van der Waals surface area contributed by atoms with Crippen LogP contribution in [0.4, 0.5) is 4.39 Å². The number of halogens is 1. The van der Waals surface area contributed by atoms with Crippen molar-refractivity contribution >= 4 is 12.0 Å². The van der Waals surface area contributed by atoms with E-state index in [1.807, 2.05) is 35.2 Å². The van der Waals surface area contributed by atoms with Crippen LogP contribution in [-0.4, -0.2) is 55.1 Å². The number of piperazine rings is 1. The van der Waals surface area contributed by atoms with Crippen LogP contribution in [0.25, 0.3) is 6.08 Å². The molecule has 0 unspecified atom stereocenters. The second-order valence-electron chi connectivity index (χ2n) is 7.69. The highest BCUT2D eigenvalue weighted by Crippen LogP contribution is 2.28. The number of amides is 1. The topological polar surface area (TPSA) is 42.0 Å². The smallest absolute Gasteiger partial charge is 0.246 e. The van der Waals surface area contributed by atoms with E-state index in [-0.39, 0.29) is 23.8 Å². The molecule has 0 spiro atoms. The van der Waals surface area contributed by atoms with Gasteiger partial charge in [-0.3, -0.25) is 9.69 Å². The second-order valence-corrected chi connectivity index (χ2v) is 7.69. The Labute approximate surface area is 177 Å². The molecule has 5 nitrogen and oxygen atoms in total. The van der Waals surface area contributed by atoms with Gasteiger partial charge >= 0.3 is 0 Å². The third kappa shape index (κ3) is 5.19. The average molecular weight is 413 g/mol. The SMILES string of the molecule is COc1ccc(/C=C/C(=O)N2C[C@H](C)N(Cc3ccc(F)cc3)C[C@H]2C)cc1OC. The van der Waals surface area contributed by atoms with E-state index in [4.69, 9.17) is 9.47 Å². The molecule has 2 atom stereocenters. The van der Waals surface area contributed by atoms with E-state index in [9.17, 15) is 9.18 Å². The molecule has 3 rings (SSSR count). The van der Waals surface area contributed by atoms with Gasteiger partial charge in [-0.15, -0.1) is 0 Å². The Bertz CT molecular complexity index is 898. The van der Waals surface area contributed by atoms with E-state index >= 15 is 0 Å². The van der Waals surface area contributed by atoms with Crippen molar-refractivity contribution in [3.63, 3.8) is 0 Å². The fourth-order valence-electron chi connectivity index (χ4n) is 3.77. The Hall–Kier alpha value is -2.86. The first kappa shape index (κ1) is 21.8. The molecule has 0 aromatic heterocycles. The molecule has 1 saturated heterocycles. The van der Waals surface area contributed by atoms with Gasteiger partial charge in [-0.2, -0.15) is 0 Å². The lowest BCUT2D eigenvalue weighted by atomic mass is 10.1. The van der Waals surface area contributed by atoms with Crippen LogP contribution in [-0.2, 0) is 11.3 Å². The normalized spacial score (nSPS) is 19.8. The van der Waals surface area contributed by atoms with E-state index in [2.05, 4.69) is 18.7 Å². The summed E-state index contributed by atoms with van der Waals surface area (Å²) < 4.78 is 23.7. The third-order valence-electron chi connectivity index (χ3n) is 5.52. The van der Waals surface area contributed by atoms with Crippen LogP contribution in [0, 0.1) is 5.82 Å². The molecular weight excluding hydrogens is 383 g/mol. The summed E-state index contributed by atoms with van der Waals surface area (Å²) in [5, 5.41) is 0. The first-order chi connectivity index (χ1) is 14.4. The largest absolute Gasteiger partial charge is 0.493 e. The fraction of sp³-hybridized carbons (Fsp3) is 0.375. The van der Waals surface area contributed by atoms with E-state index in [0.29, 0.717) is 18.0 Å². The number of carbonyl (C=O) groups excluding carboxylic acids is 1. The molecule has 6 heteroatoms. The van der Waals surface area contributed by atoms with E-state index in [1.165, 1.54) is 12.1 Å². The second kappa shape index (κ2) is 9.76. The molecule has 30 heavy (non-hydrogen) atoms. The number of hydrogen-bond acceptors (Lipinski definition) is 4. The van der Waals surface area contributed by atoms with Crippen LogP contribution >= 0.6 is 0 Å². The summed E-state index contributed by atoms with van der Waals surface area (Å²) in [6, 6.07) is 12.5. The number of nitrogens with zero attached hydrogens (tertiary/aromatic N) is 2. The zero-order chi connectivity index (χ0) is 21.7. The summed E-state index contributed by atoms with van der Waals surface area (Å²) in [5.41, 5.74) is 1.94. The lowest BCUT2D eigenvalue weighted by Crippen LogP contribution is -2.57. The molecule has 0 radical (unpaired) electrons. The van der Waals surface area contributed by atoms with Gasteiger partial charge in [0.1, 0.15) is 5.82 Å². The molecule has 1 aliphatic heterocycles. The van der Waals surface area contributed by atoms with Gasteiger partial charge in [-0.05, 0) is 55.3 Å². The van der Waals surface area contributed by atoms with Crippen LogP contribution in [0.5, 0.6) is 11.5 Å². The van der Waals surface area contributed by atoms with Crippen LogP contribution in [0.3, 0.4) is 0 Å². The standard InChI is InChI=1S/C24H29FN2O3/c1-17-15-27(18(2)14-26(17)16-20-5-9-21(25)10-6-20)24(28)12-8-19-7-11-22(29-3)23(13-19)30-4/h5-13,17-18H,14-16H2,1-4H3/b12-8+/t17-,18+/m0/s1. The van der Waals surface area contributed by atoms with Gasteiger partial charge in [0, 0.05) is 37.8 Å². The Kier molecular flexibility index (Phi) is 7.11. The highest BCUT2D eigenvalue weighted by Gasteiger charge is 2.30. The molecule has 1 fully saturated rings. The number of carbonyl (C=O) groups is 1. The number of rotatable bonds is 6. The number of methoxy groups -OCH3 is 2. The number of hydrogen-bond donors (Lipinski definition) is 0. The van der Waals surface area contributed by atoms with Crippen molar-refractivity contribution in [1.29, 1.82) is 0 Å². The van der Waals surface area contributed by atoms with Crippen molar-refractivity contribution in [2.45, 2.75) is 32.5 Å². The summed E-state index contributed by atoms with van der Waals surface area (Å²) >= 11 is 0. The van der Waals surface area contributed by atoms with Crippen molar-refractivity contribution < 1.29 is 18.7 Å². The van der Waals surface area contributed by atoms with E-state index in [1.54, 1.807) is 26.4 Å². The van der Waals surface area contributed by atoms with Crippen molar-refractivity contribution in [3.05, 3.63) is 65.5 Å². The maximum atomic E-state index is 13.1. The summed E-state index contributed by atoms with van der Waals surface area (Å²) in [7, 11) is 3.18. The van der Waals surface area contributed by atoms with Gasteiger partial charge in [0.25, 0.3) is 0 Å². The molecule has 1 amide bonds. The number of benzene rings is 2. The Balaban J connectivity index is 1.63. The van der Waals surface area contributed by atoms with Crippen LogP contribution < -0.4 is 9.47 Å². The van der Waals surface area contributed by atoms with E-state index in [0.717, 1.165) is 24.2 Å². The Morgan fingerprint density at radius 1 is 1.03 bits per heavy atom. The molecule has 1 aliphatic rings. The van der Waals surface area contributed by atoms with Gasteiger partial charge in [-0.25, -0.2) is 4.39 Å². The lowest BCUT2D eigenvalue weighted by molar-refractivity contribution is -0.131. The van der Waals surface area contributed by atoms with Crippen molar-refractivity contribution in [1.82, 2.24) is 9.80 Å². The maximum absolute atomic E-state index is 13.1. The van der Waals surface area contributed by atoms with Crippen LogP contribution in [0.15, 0.2) is 48.5 Å². The van der Waals surface area contributed by atoms with Crippen LogP contribution in [0.1, 0.15) is 25.0 Å². The average Bonchev–Trinajstić information content (AvgIpc) is 2.75. The zero-order valence-electron chi connectivity index (χ0n) is 18.0. The highest BCUT2D eigenvalue weighted by molar-refractivity contribution is 5.92. The summed E-state index contributed by atoms with van der Waals surface area (Å²) in [4.78, 5) is 17.1. The van der Waals surface area contributed by atoms with E-state index < -0.39 is 0 Å². The predicted molar refractivity (Wildman–Crippen MR) is 116 cm³/mol. The minimum absolute atomic E-state index is 0.00873. The van der Waals surface area contributed by atoms with Gasteiger partial charge in [0.05, 0.1) is 14.2 Å². The summed E-state index contributed by atoms with van der Waals surface area (Å²) in [6.07, 6.45) is 3.41. The Morgan fingerprint density at radius 3 is 2.40 bits per heavy atom. The monoisotopic (exact) mass is 412 g/mol. The molecule has 160 valence electrons. The lowest BCUT2D eigenvalue weighted by Gasteiger charge is -2.44. The first-order valence-electron chi connectivity index (χ1n) is 10.1. The fourth-order valence-corrected chi connectivity index (χ4v) is 3.77. The molecule has 0 aliphatic carbocycles. The van der Waals surface area contributed by atoms with Gasteiger partial charge in [-0.1, -0.05) is 18.2 Å². The minimum atomic E-state index is -0.225. The Morgan fingerprint density at radius 2 is 1.73 bits per heavy atom. The summed E-state index contributed by atoms with van der Waals surface area (Å²) in [6.45, 7) is 6.35. The third-order valence-corrected chi connectivity index (χ3v) is 5.52.